The maximum atomic E-state index is 11.6. The van der Waals surface area contributed by atoms with Crippen LogP contribution in [0, 0.1) is 0 Å². The lowest BCUT2D eigenvalue weighted by molar-refractivity contribution is -0.0598. The van der Waals surface area contributed by atoms with Crippen molar-refractivity contribution < 1.29 is 14.4 Å². The van der Waals surface area contributed by atoms with E-state index in [1.807, 2.05) is 32.0 Å². The molecule has 18 heavy (non-hydrogen) atoms. The minimum Gasteiger partial charge on any atom is -0.494 e. The van der Waals surface area contributed by atoms with Crippen LogP contribution in [0.25, 0.3) is 0 Å². The predicted molar refractivity (Wildman–Crippen MR) is 70.8 cm³/mol. The molecule has 5 heteroatoms. The number of nitrogens with one attached hydrogen (secondary N) is 1. The lowest BCUT2D eigenvalue weighted by atomic mass is 10.1. The Labute approximate surface area is 108 Å². The van der Waals surface area contributed by atoms with E-state index in [0.717, 1.165) is 28.5 Å². The number of carbonyl (C=O) groups excluding carboxylic acids is 1. The summed E-state index contributed by atoms with van der Waals surface area (Å²) in [6, 6.07) is 5.27. The molecule has 0 radical (unpaired) electrons. The largest absolute Gasteiger partial charge is 0.494 e. The van der Waals surface area contributed by atoms with Gasteiger partial charge in [0.15, 0.2) is 0 Å². The standard InChI is InChI=1S/C13H20N2O3/c1-5-10-9-11(7-8-12(10)18-6-2)14-13(16)15(3)17-4/h7-9H,5-6H2,1-4H3,(H,14,16). The Kier molecular flexibility index (Phi) is 5.45. The highest BCUT2D eigenvalue weighted by Crippen LogP contribution is 2.23. The average Bonchev–Trinajstić information content (AvgIpc) is 2.39. The third-order valence-corrected chi connectivity index (χ3v) is 2.55. The van der Waals surface area contributed by atoms with Crippen molar-refractivity contribution in [1.82, 2.24) is 5.06 Å². The molecule has 0 fully saturated rings. The molecular weight excluding hydrogens is 232 g/mol. The van der Waals surface area contributed by atoms with Crippen LogP contribution in [-0.2, 0) is 11.3 Å². The SMILES string of the molecule is CCOc1ccc(NC(=O)N(C)OC)cc1CC. The summed E-state index contributed by atoms with van der Waals surface area (Å²) in [4.78, 5) is 16.4. The smallest absolute Gasteiger partial charge is 0.345 e. The van der Waals surface area contributed by atoms with Crippen LogP contribution in [0.5, 0.6) is 5.75 Å². The van der Waals surface area contributed by atoms with E-state index in [0.29, 0.717) is 6.61 Å². The molecule has 0 aliphatic rings. The summed E-state index contributed by atoms with van der Waals surface area (Å²) in [5, 5.41) is 3.87. The van der Waals surface area contributed by atoms with Crippen molar-refractivity contribution in [2.75, 3.05) is 26.1 Å². The summed E-state index contributed by atoms with van der Waals surface area (Å²) in [5.41, 5.74) is 1.79. The third-order valence-electron chi connectivity index (χ3n) is 2.55. The van der Waals surface area contributed by atoms with Crippen molar-refractivity contribution in [2.24, 2.45) is 0 Å². The van der Waals surface area contributed by atoms with Gasteiger partial charge in [-0.3, -0.25) is 4.84 Å². The topological polar surface area (TPSA) is 50.8 Å². The molecular formula is C13H20N2O3. The molecule has 0 aliphatic heterocycles. The number of amides is 2. The van der Waals surface area contributed by atoms with Crippen LogP contribution < -0.4 is 10.1 Å². The van der Waals surface area contributed by atoms with Crippen LogP contribution in [0.1, 0.15) is 19.4 Å². The molecule has 0 unspecified atom stereocenters. The van der Waals surface area contributed by atoms with E-state index in [2.05, 4.69) is 5.32 Å². The van der Waals surface area contributed by atoms with E-state index in [1.165, 1.54) is 7.11 Å². The van der Waals surface area contributed by atoms with Crippen molar-refractivity contribution in [3.8, 4) is 5.75 Å². The normalized spacial score (nSPS) is 10.0. The summed E-state index contributed by atoms with van der Waals surface area (Å²) in [6.07, 6.45) is 0.846. The fraction of sp³-hybridized carbons (Fsp3) is 0.462. The number of hydrogen-bond donors (Lipinski definition) is 1. The second kappa shape index (κ2) is 6.86. The fourth-order valence-electron chi connectivity index (χ4n) is 1.51. The highest BCUT2D eigenvalue weighted by Gasteiger charge is 2.09. The molecule has 0 saturated heterocycles. The minimum absolute atomic E-state index is 0.316. The fourth-order valence-corrected chi connectivity index (χ4v) is 1.51. The third kappa shape index (κ3) is 3.63. The van der Waals surface area contributed by atoms with Crippen LogP contribution >= 0.6 is 0 Å². The second-order valence-corrected chi connectivity index (χ2v) is 3.72. The highest BCUT2D eigenvalue weighted by atomic mass is 16.7. The zero-order valence-corrected chi connectivity index (χ0v) is 11.3. The molecule has 2 amide bonds. The molecule has 1 aromatic rings. The summed E-state index contributed by atoms with van der Waals surface area (Å²) in [5.74, 6) is 0.859. The number of benzene rings is 1. The van der Waals surface area contributed by atoms with Gasteiger partial charge in [0.2, 0.25) is 0 Å². The van der Waals surface area contributed by atoms with E-state index < -0.39 is 0 Å². The molecule has 0 spiro atoms. The molecule has 0 aliphatic carbocycles. The number of carbonyl (C=O) groups is 1. The van der Waals surface area contributed by atoms with Gasteiger partial charge in [0.25, 0.3) is 0 Å². The summed E-state index contributed by atoms with van der Waals surface area (Å²) < 4.78 is 5.51. The van der Waals surface area contributed by atoms with Crippen LogP contribution in [0.4, 0.5) is 10.5 Å². The molecule has 0 atom stereocenters. The van der Waals surface area contributed by atoms with Crippen LogP contribution in [0.2, 0.25) is 0 Å². The quantitative estimate of drug-likeness (QED) is 0.820. The molecule has 1 rings (SSSR count). The summed E-state index contributed by atoms with van der Waals surface area (Å²) >= 11 is 0. The lowest BCUT2D eigenvalue weighted by Gasteiger charge is -2.16. The van der Waals surface area contributed by atoms with Crippen molar-refractivity contribution in [2.45, 2.75) is 20.3 Å². The number of hydroxylamine groups is 2. The summed E-state index contributed by atoms with van der Waals surface area (Å²) in [6.45, 7) is 4.62. The maximum absolute atomic E-state index is 11.6. The van der Waals surface area contributed by atoms with E-state index >= 15 is 0 Å². The van der Waals surface area contributed by atoms with E-state index in [9.17, 15) is 4.79 Å². The number of hydrogen-bond acceptors (Lipinski definition) is 3. The van der Waals surface area contributed by atoms with Gasteiger partial charge in [-0.25, -0.2) is 9.86 Å². The number of aryl methyl sites for hydroxylation is 1. The van der Waals surface area contributed by atoms with Gasteiger partial charge >= 0.3 is 6.03 Å². The van der Waals surface area contributed by atoms with Gasteiger partial charge in [-0.2, -0.15) is 0 Å². The van der Waals surface area contributed by atoms with Gasteiger partial charge in [-0.05, 0) is 37.1 Å². The molecule has 1 aromatic carbocycles. The van der Waals surface area contributed by atoms with Gasteiger partial charge in [0.1, 0.15) is 5.75 Å². The van der Waals surface area contributed by atoms with Gasteiger partial charge in [-0.15, -0.1) is 0 Å². The molecule has 1 N–H and O–H groups in total. The first kappa shape index (κ1) is 14.3. The Hall–Kier alpha value is -1.75. The number of ether oxygens (including phenoxy) is 1. The Morgan fingerprint density at radius 3 is 2.67 bits per heavy atom. The molecule has 5 nitrogen and oxygen atoms in total. The highest BCUT2D eigenvalue weighted by molar-refractivity contribution is 5.88. The summed E-state index contributed by atoms with van der Waals surface area (Å²) in [7, 11) is 2.99. The van der Waals surface area contributed by atoms with E-state index in [1.54, 1.807) is 7.05 Å². The molecule has 0 bridgehead atoms. The lowest BCUT2D eigenvalue weighted by Crippen LogP contribution is -2.30. The molecule has 0 aromatic heterocycles. The monoisotopic (exact) mass is 252 g/mol. The first-order chi connectivity index (χ1) is 8.62. The number of urea groups is 1. The first-order valence-electron chi connectivity index (χ1n) is 5.96. The second-order valence-electron chi connectivity index (χ2n) is 3.72. The molecule has 100 valence electrons. The number of nitrogens with zero attached hydrogens (tertiary/aromatic N) is 1. The number of anilines is 1. The zero-order valence-electron chi connectivity index (χ0n) is 11.3. The van der Waals surface area contributed by atoms with Gasteiger partial charge in [-0.1, -0.05) is 6.92 Å². The van der Waals surface area contributed by atoms with Crippen LogP contribution in [0.15, 0.2) is 18.2 Å². The van der Waals surface area contributed by atoms with Gasteiger partial charge in [0, 0.05) is 12.7 Å². The predicted octanol–water partition coefficient (Wildman–Crippen LogP) is 2.67. The van der Waals surface area contributed by atoms with E-state index in [4.69, 9.17) is 9.57 Å². The Morgan fingerprint density at radius 2 is 2.11 bits per heavy atom. The Bertz CT molecular complexity index is 407. The van der Waals surface area contributed by atoms with E-state index in [-0.39, 0.29) is 6.03 Å². The maximum Gasteiger partial charge on any atom is 0.345 e. The Balaban J connectivity index is 2.82. The Morgan fingerprint density at radius 1 is 1.39 bits per heavy atom. The van der Waals surface area contributed by atoms with Gasteiger partial charge in [0.05, 0.1) is 13.7 Å². The van der Waals surface area contributed by atoms with Crippen molar-refractivity contribution >= 4 is 11.7 Å². The van der Waals surface area contributed by atoms with Crippen LogP contribution in [0.3, 0.4) is 0 Å². The zero-order chi connectivity index (χ0) is 13.5. The number of rotatable bonds is 5. The van der Waals surface area contributed by atoms with Crippen molar-refractivity contribution in [1.29, 1.82) is 0 Å². The van der Waals surface area contributed by atoms with Gasteiger partial charge < -0.3 is 10.1 Å². The van der Waals surface area contributed by atoms with Crippen molar-refractivity contribution in [3.05, 3.63) is 23.8 Å². The molecule has 0 heterocycles. The van der Waals surface area contributed by atoms with Crippen molar-refractivity contribution in [3.63, 3.8) is 0 Å². The first-order valence-corrected chi connectivity index (χ1v) is 5.96. The average molecular weight is 252 g/mol. The van der Waals surface area contributed by atoms with Crippen LogP contribution in [-0.4, -0.2) is 31.9 Å². The molecule has 0 saturated carbocycles. The minimum atomic E-state index is -0.316.